The molecule has 1 aromatic carbocycles. The third-order valence-corrected chi connectivity index (χ3v) is 6.36. The predicted octanol–water partition coefficient (Wildman–Crippen LogP) is 3.27. The van der Waals surface area contributed by atoms with E-state index in [1.54, 1.807) is 68.1 Å². The van der Waals surface area contributed by atoms with E-state index in [2.05, 4.69) is 32.2 Å². The highest BCUT2D eigenvalue weighted by atomic mass is 16.2. The van der Waals surface area contributed by atoms with Crippen molar-refractivity contribution in [1.29, 1.82) is 0 Å². The summed E-state index contributed by atoms with van der Waals surface area (Å²) in [6, 6.07) is 19.1. The summed E-state index contributed by atoms with van der Waals surface area (Å²) in [6.45, 7) is 1.77. The number of pyridine rings is 2. The highest BCUT2D eigenvalue weighted by molar-refractivity contribution is 6.04. The summed E-state index contributed by atoms with van der Waals surface area (Å²) in [7, 11) is 0. The Morgan fingerprint density at radius 3 is 2.58 bits per heavy atom. The molecule has 0 radical (unpaired) electrons. The van der Waals surface area contributed by atoms with E-state index in [1.165, 1.54) is 8.92 Å². The molecule has 40 heavy (non-hydrogen) atoms. The van der Waals surface area contributed by atoms with E-state index < -0.39 is 11.9 Å². The topological polar surface area (TPSA) is 133 Å². The van der Waals surface area contributed by atoms with Crippen molar-refractivity contribution in [2.45, 2.75) is 13.0 Å². The van der Waals surface area contributed by atoms with Crippen LogP contribution in [0.25, 0.3) is 22.4 Å². The molecule has 6 rings (SSSR count). The van der Waals surface area contributed by atoms with Gasteiger partial charge in [0.15, 0.2) is 11.5 Å². The van der Waals surface area contributed by atoms with Gasteiger partial charge in [-0.3, -0.25) is 19.0 Å². The first kappa shape index (κ1) is 24.5. The van der Waals surface area contributed by atoms with Crippen LogP contribution in [0, 0.1) is 11.8 Å². The summed E-state index contributed by atoms with van der Waals surface area (Å²) >= 11 is 0. The average Bonchev–Trinajstić information content (AvgIpc) is 3.32. The van der Waals surface area contributed by atoms with E-state index in [0.29, 0.717) is 33.8 Å². The maximum atomic E-state index is 14.1. The molecule has 0 aliphatic rings. The number of nitrogen functional groups attached to an aromatic ring is 1. The minimum absolute atomic E-state index is 0.0515. The lowest BCUT2D eigenvalue weighted by Crippen LogP contribution is -2.31. The maximum Gasteiger partial charge on any atom is 0.267 e. The van der Waals surface area contributed by atoms with E-state index in [0.717, 1.165) is 5.56 Å². The average molecular weight is 527 g/mol. The Kier molecular flexibility index (Phi) is 6.22. The quantitative estimate of drug-likeness (QED) is 0.337. The molecule has 10 nitrogen and oxygen atoms in total. The van der Waals surface area contributed by atoms with Crippen molar-refractivity contribution < 1.29 is 4.79 Å². The number of nitrogens with one attached hydrogen (secondary N) is 1. The molecule has 0 saturated carbocycles. The lowest BCUT2D eigenvalue weighted by atomic mass is 10.0. The Balaban J connectivity index is 1.48. The summed E-state index contributed by atoms with van der Waals surface area (Å²) in [5.41, 5.74) is 9.33. The van der Waals surface area contributed by atoms with Gasteiger partial charge in [0.05, 0.1) is 17.3 Å². The second-order valence-corrected chi connectivity index (χ2v) is 8.98. The van der Waals surface area contributed by atoms with Gasteiger partial charge in [-0.1, -0.05) is 42.3 Å². The number of nitrogens with zero attached hydrogens (tertiary/aromatic N) is 6. The highest BCUT2D eigenvalue weighted by Crippen LogP contribution is 2.26. The molecule has 0 fully saturated rings. The summed E-state index contributed by atoms with van der Waals surface area (Å²) in [6.07, 6.45) is 6.54. The normalized spacial score (nSPS) is 11.6. The summed E-state index contributed by atoms with van der Waals surface area (Å²) in [4.78, 5) is 40.6. The molecule has 0 bridgehead atoms. The number of rotatable bonds is 4. The number of benzene rings is 1. The molecule has 6 aromatic rings. The Morgan fingerprint density at radius 1 is 0.975 bits per heavy atom. The predicted molar refractivity (Wildman–Crippen MR) is 150 cm³/mol. The number of amides is 1. The van der Waals surface area contributed by atoms with Crippen LogP contribution in [0.3, 0.4) is 0 Å². The van der Waals surface area contributed by atoms with Gasteiger partial charge in [0.1, 0.15) is 16.9 Å². The van der Waals surface area contributed by atoms with Crippen LogP contribution in [0.4, 0.5) is 5.82 Å². The van der Waals surface area contributed by atoms with Crippen LogP contribution in [0.5, 0.6) is 0 Å². The molecule has 0 aliphatic carbocycles. The van der Waals surface area contributed by atoms with Crippen LogP contribution in [0.1, 0.15) is 40.3 Å². The Hall–Kier alpha value is -5.82. The molecule has 194 valence electrons. The first-order valence-corrected chi connectivity index (χ1v) is 12.4. The minimum atomic E-state index is -0.662. The van der Waals surface area contributed by atoms with E-state index in [4.69, 9.17) is 10.7 Å². The fourth-order valence-corrected chi connectivity index (χ4v) is 4.52. The van der Waals surface area contributed by atoms with E-state index in [-0.39, 0.29) is 16.9 Å². The van der Waals surface area contributed by atoms with Crippen molar-refractivity contribution >= 4 is 23.0 Å². The summed E-state index contributed by atoms with van der Waals surface area (Å²) < 4.78 is 2.93. The number of aromatic nitrogens is 6. The van der Waals surface area contributed by atoms with Crippen LogP contribution in [-0.2, 0) is 0 Å². The fraction of sp³-hybridized carbons (Fsp3) is 0.0667. The van der Waals surface area contributed by atoms with Gasteiger partial charge >= 0.3 is 0 Å². The van der Waals surface area contributed by atoms with Gasteiger partial charge in [-0.05, 0) is 48.7 Å². The number of carbonyl (C=O) groups excluding carboxylic acids is 1. The molecular weight excluding hydrogens is 504 g/mol. The van der Waals surface area contributed by atoms with Crippen LogP contribution < -0.4 is 16.6 Å². The molecule has 1 atom stereocenters. The Morgan fingerprint density at radius 2 is 1.77 bits per heavy atom. The third kappa shape index (κ3) is 4.41. The van der Waals surface area contributed by atoms with E-state index in [1.807, 2.05) is 30.3 Å². The molecule has 5 aromatic heterocycles. The van der Waals surface area contributed by atoms with Gasteiger partial charge in [0.2, 0.25) is 0 Å². The maximum absolute atomic E-state index is 14.1. The first-order chi connectivity index (χ1) is 19.5. The molecule has 0 spiro atoms. The van der Waals surface area contributed by atoms with Crippen molar-refractivity contribution in [2.75, 3.05) is 5.73 Å². The molecule has 0 aliphatic heterocycles. The monoisotopic (exact) mass is 526 g/mol. The largest absolute Gasteiger partial charge is 0.381 e. The van der Waals surface area contributed by atoms with Crippen molar-refractivity contribution in [3.8, 4) is 23.0 Å². The summed E-state index contributed by atoms with van der Waals surface area (Å²) in [5, 5.41) is 7.11. The molecule has 3 N–H and O–H groups in total. The molecule has 0 unspecified atom stereocenters. The van der Waals surface area contributed by atoms with E-state index in [9.17, 15) is 9.59 Å². The molecule has 5 heterocycles. The first-order valence-electron chi connectivity index (χ1n) is 12.4. The zero-order chi connectivity index (χ0) is 27.6. The molecule has 10 heteroatoms. The van der Waals surface area contributed by atoms with Crippen LogP contribution in [0.2, 0.25) is 0 Å². The van der Waals surface area contributed by atoms with Crippen molar-refractivity contribution in [1.82, 2.24) is 34.3 Å². The minimum Gasteiger partial charge on any atom is -0.381 e. The molecule has 0 saturated heterocycles. The van der Waals surface area contributed by atoms with Crippen LogP contribution in [0.15, 0.2) is 96.3 Å². The zero-order valence-corrected chi connectivity index (χ0v) is 21.3. The molecule has 1 amide bonds. The van der Waals surface area contributed by atoms with Gasteiger partial charge in [0, 0.05) is 30.4 Å². The SMILES string of the molecule is C[C@H](NC(=O)c1c(N)nn2cccnc12)c1nc2cccc(C#Cc3ccncc3)n2c(=O)c1-c1ccccc1. The summed E-state index contributed by atoms with van der Waals surface area (Å²) in [5.74, 6) is 5.75. The Labute approximate surface area is 228 Å². The lowest BCUT2D eigenvalue weighted by molar-refractivity contribution is 0.0941. The lowest BCUT2D eigenvalue weighted by Gasteiger charge is -2.18. The highest BCUT2D eigenvalue weighted by Gasteiger charge is 2.25. The van der Waals surface area contributed by atoms with Crippen molar-refractivity contribution in [2.24, 2.45) is 0 Å². The van der Waals surface area contributed by atoms with Crippen molar-refractivity contribution in [3.63, 3.8) is 0 Å². The van der Waals surface area contributed by atoms with Crippen molar-refractivity contribution in [3.05, 3.63) is 124 Å². The zero-order valence-electron chi connectivity index (χ0n) is 21.3. The van der Waals surface area contributed by atoms with Gasteiger partial charge in [0.25, 0.3) is 11.5 Å². The molecular formula is C30H22N8O2. The second kappa shape index (κ2) is 10.2. The number of nitrogens with two attached hydrogens (primary N) is 1. The Bertz CT molecular complexity index is 2000. The third-order valence-electron chi connectivity index (χ3n) is 6.36. The number of fused-ring (bicyclic) bond motifs is 2. The second-order valence-electron chi connectivity index (χ2n) is 8.98. The van der Waals surface area contributed by atoms with Crippen LogP contribution in [-0.4, -0.2) is 34.9 Å². The van der Waals surface area contributed by atoms with Gasteiger partial charge < -0.3 is 11.1 Å². The fourth-order valence-electron chi connectivity index (χ4n) is 4.52. The number of hydrogen-bond acceptors (Lipinski definition) is 7. The van der Waals surface area contributed by atoms with Gasteiger partial charge in [-0.2, -0.15) is 0 Å². The number of anilines is 1. The van der Waals surface area contributed by atoms with Crippen LogP contribution >= 0.6 is 0 Å². The van der Waals surface area contributed by atoms with Gasteiger partial charge in [-0.15, -0.1) is 5.10 Å². The van der Waals surface area contributed by atoms with Gasteiger partial charge in [-0.25, -0.2) is 14.5 Å². The van der Waals surface area contributed by atoms with E-state index >= 15 is 0 Å². The smallest absolute Gasteiger partial charge is 0.267 e. The number of hydrogen-bond donors (Lipinski definition) is 2. The standard InChI is InChI=1S/C30H22N8O2/c1-19(34-29(39)25-27(31)36-37-18-6-15-33-28(25)37)26-24(21-7-3-2-4-8-21)30(40)38-22(9-5-10-23(38)35-26)12-11-20-13-16-32-17-14-20/h2-10,13-19H,1H3,(H2,31,36)(H,34,39)/t19-/m0/s1. The number of carbonyl (C=O) groups is 1.